The van der Waals surface area contributed by atoms with E-state index in [-0.39, 0.29) is 6.04 Å². The Morgan fingerprint density at radius 3 is 2.92 bits per heavy atom. The van der Waals surface area contributed by atoms with Crippen LogP contribution >= 0.6 is 11.3 Å². The number of nitrogens with one attached hydrogen (secondary N) is 1. The summed E-state index contributed by atoms with van der Waals surface area (Å²) in [6.45, 7) is 2.06. The summed E-state index contributed by atoms with van der Waals surface area (Å²) < 4.78 is 0. The highest BCUT2D eigenvalue weighted by Gasteiger charge is 2.12. The van der Waals surface area contributed by atoms with Crippen molar-refractivity contribution in [1.29, 1.82) is 0 Å². The molecule has 0 saturated carbocycles. The SMILES string of the molecule is Cc1ccc(C(N)c2ncn[nH]2)s1. The minimum Gasteiger partial charge on any atom is -0.317 e. The first-order valence-corrected chi connectivity index (χ1v) is 4.76. The number of nitrogens with two attached hydrogens (primary N) is 1. The second-order valence-corrected chi connectivity index (χ2v) is 4.12. The molecule has 0 aromatic carbocycles. The molecule has 13 heavy (non-hydrogen) atoms. The molecule has 2 aromatic rings. The number of aromatic nitrogens is 3. The second kappa shape index (κ2) is 3.27. The summed E-state index contributed by atoms with van der Waals surface area (Å²) in [5, 5.41) is 6.53. The van der Waals surface area contributed by atoms with Crippen molar-refractivity contribution in [3.8, 4) is 0 Å². The topological polar surface area (TPSA) is 67.6 Å². The Labute approximate surface area is 79.8 Å². The molecule has 2 aromatic heterocycles. The Kier molecular flexibility index (Phi) is 2.12. The summed E-state index contributed by atoms with van der Waals surface area (Å²) in [7, 11) is 0. The van der Waals surface area contributed by atoms with Crippen LogP contribution < -0.4 is 5.73 Å². The van der Waals surface area contributed by atoms with Gasteiger partial charge in [0.25, 0.3) is 0 Å². The van der Waals surface area contributed by atoms with Crippen molar-refractivity contribution in [2.45, 2.75) is 13.0 Å². The van der Waals surface area contributed by atoms with Gasteiger partial charge >= 0.3 is 0 Å². The minimum absolute atomic E-state index is 0.179. The first kappa shape index (κ1) is 8.40. The standard InChI is InChI=1S/C8H10N4S/c1-5-2-3-6(13-5)7(9)8-10-4-11-12-8/h2-4,7H,9H2,1H3,(H,10,11,12). The molecule has 0 bridgehead atoms. The van der Waals surface area contributed by atoms with Crippen molar-refractivity contribution < 1.29 is 0 Å². The highest BCUT2D eigenvalue weighted by atomic mass is 32.1. The van der Waals surface area contributed by atoms with Crippen LogP contribution in [0, 0.1) is 6.92 Å². The number of nitrogens with zero attached hydrogens (tertiary/aromatic N) is 2. The molecule has 0 aliphatic carbocycles. The Morgan fingerprint density at radius 1 is 1.54 bits per heavy atom. The number of rotatable bonds is 2. The van der Waals surface area contributed by atoms with Gasteiger partial charge in [-0.15, -0.1) is 11.3 Å². The zero-order valence-electron chi connectivity index (χ0n) is 7.19. The van der Waals surface area contributed by atoms with Crippen molar-refractivity contribution in [3.05, 3.63) is 34.0 Å². The molecule has 0 fully saturated rings. The van der Waals surface area contributed by atoms with Crippen molar-refractivity contribution in [3.63, 3.8) is 0 Å². The molecular formula is C8H10N4S. The molecule has 2 heterocycles. The van der Waals surface area contributed by atoms with Crippen LogP contribution in [0.2, 0.25) is 0 Å². The van der Waals surface area contributed by atoms with Gasteiger partial charge in [-0.3, -0.25) is 5.10 Å². The number of thiophene rings is 1. The van der Waals surface area contributed by atoms with Gasteiger partial charge in [0, 0.05) is 9.75 Å². The molecule has 4 nitrogen and oxygen atoms in total. The maximum absolute atomic E-state index is 5.95. The number of hydrogen-bond acceptors (Lipinski definition) is 4. The van der Waals surface area contributed by atoms with E-state index in [0.717, 1.165) is 4.88 Å². The molecule has 0 saturated heterocycles. The fourth-order valence-corrected chi connectivity index (χ4v) is 2.00. The van der Waals surface area contributed by atoms with Crippen LogP contribution in [0.5, 0.6) is 0 Å². The number of H-pyrrole nitrogens is 1. The zero-order chi connectivity index (χ0) is 9.26. The summed E-state index contributed by atoms with van der Waals surface area (Å²) >= 11 is 1.68. The van der Waals surface area contributed by atoms with Crippen molar-refractivity contribution in [2.24, 2.45) is 5.73 Å². The second-order valence-electron chi connectivity index (χ2n) is 2.80. The lowest BCUT2D eigenvalue weighted by Gasteiger charge is -2.03. The summed E-state index contributed by atoms with van der Waals surface area (Å²) in [6.07, 6.45) is 1.47. The van der Waals surface area contributed by atoms with E-state index in [4.69, 9.17) is 5.73 Å². The molecule has 68 valence electrons. The average Bonchev–Trinajstić information content (AvgIpc) is 2.72. The van der Waals surface area contributed by atoms with E-state index in [1.165, 1.54) is 11.2 Å². The van der Waals surface area contributed by atoms with E-state index < -0.39 is 0 Å². The smallest absolute Gasteiger partial charge is 0.146 e. The maximum Gasteiger partial charge on any atom is 0.146 e. The van der Waals surface area contributed by atoms with Crippen LogP contribution in [-0.2, 0) is 0 Å². The highest BCUT2D eigenvalue weighted by Crippen LogP contribution is 2.23. The maximum atomic E-state index is 5.95. The number of hydrogen-bond donors (Lipinski definition) is 2. The first-order valence-electron chi connectivity index (χ1n) is 3.94. The molecular weight excluding hydrogens is 184 g/mol. The summed E-state index contributed by atoms with van der Waals surface area (Å²) in [4.78, 5) is 6.38. The lowest BCUT2D eigenvalue weighted by Crippen LogP contribution is -2.11. The van der Waals surface area contributed by atoms with E-state index in [1.807, 2.05) is 6.07 Å². The molecule has 3 N–H and O–H groups in total. The van der Waals surface area contributed by atoms with Gasteiger partial charge < -0.3 is 5.73 Å². The van der Waals surface area contributed by atoms with Crippen LogP contribution in [-0.4, -0.2) is 15.2 Å². The lowest BCUT2D eigenvalue weighted by molar-refractivity contribution is 0.802. The quantitative estimate of drug-likeness (QED) is 0.755. The highest BCUT2D eigenvalue weighted by molar-refractivity contribution is 7.12. The van der Waals surface area contributed by atoms with Crippen molar-refractivity contribution in [2.75, 3.05) is 0 Å². The van der Waals surface area contributed by atoms with Crippen LogP contribution in [0.15, 0.2) is 18.5 Å². The Bertz CT molecular complexity index is 379. The predicted octanol–water partition coefficient (Wildman–Crippen LogP) is 1.22. The lowest BCUT2D eigenvalue weighted by atomic mass is 10.2. The van der Waals surface area contributed by atoms with Gasteiger partial charge in [-0.25, -0.2) is 4.98 Å². The molecule has 0 spiro atoms. The predicted molar refractivity (Wildman–Crippen MR) is 51.5 cm³/mol. The summed E-state index contributed by atoms with van der Waals surface area (Å²) in [5.74, 6) is 0.710. The van der Waals surface area contributed by atoms with Crippen LogP contribution in [0.1, 0.15) is 21.6 Å². The fraction of sp³-hybridized carbons (Fsp3) is 0.250. The van der Waals surface area contributed by atoms with E-state index in [9.17, 15) is 0 Å². The van der Waals surface area contributed by atoms with Gasteiger partial charge in [-0.05, 0) is 19.1 Å². The monoisotopic (exact) mass is 194 g/mol. The first-order chi connectivity index (χ1) is 6.27. The van der Waals surface area contributed by atoms with E-state index in [0.29, 0.717) is 5.82 Å². The molecule has 2 rings (SSSR count). The van der Waals surface area contributed by atoms with Gasteiger partial charge in [0.2, 0.25) is 0 Å². The summed E-state index contributed by atoms with van der Waals surface area (Å²) in [5.41, 5.74) is 5.95. The molecule has 5 heteroatoms. The number of aryl methyl sites for hydroxylation is 1. The van der Waals surface area contributed by atoms with Crippen molar-refractivity contribution >= 4 is 11.3 Å². The minimum atomic E-state index is -0.179. The third kappa shape index (κ3) is 1.61. The van der Waals surface area contributed by atoms with Gasteiger partial charge in [-0.1, -0.05) is 0 Å². The third-order valence-corrected chi connectivity index (χ3v) is 2.88. The molecule has 0 amide bonds. The van der Waals surface area contributed by atoms with Gasteiger partial charge in [0.05, 0.1) is 6.04 Å². The third-order valence-electron chi connectivity index (χ3n) is 1.80. The van der Waals surface area contributed by atoms with Crippen LogP contribution in [0.25, 0.3) is 0 Å². The zero-order valence-corrected chi connectivity index (χ0v) is 8.01. The van der Waals surface area contributed by atoms with Gasteiger partial charge in [0.1, 0.15) is 12.2 Å². The molecule has 0 aliphatic heterocycles. The average molecular weight is 194 g/mol. The molecule has 0 aliphatic rings. The number of aromatic amines is 1. The van der Waals surface area contributed by atoms with Gasteiger partial charge in [-0.2, -0.15) is 5.10 Å². The molecule has 1 unspecified atom stereocenters. The Hall–Kier alpha value is -1.20. The Balaban J connectivity index is 2.28. The Morgan fingerprint density at radius 2 is 2.38 bits per heavy atom. The fourth-order valence-electron chi connectivity index (χ4n) is 1.12. The van der Waals surface area contributed by atoms with E-state index >= 15 is 0 Å². The van der Waals surface area contributed by atoms with Crippen LogP contribution in [0.4, 0.5) is 0 Å². The van der Waals surface area contributed by atoms with Gasteiger partial charge in [0.15, 0.2) is 0 Å². The van der Waals surface area contributed by atoms with Crippen molar-refractivity contribution in [1.82, 2.24) is 15.2 Å². The summed E-state index contributed by atoms with van der Waals surface area (Å²) in [6, 6.07) is 3.89. The van der Waals surface area contributed by atoms with Crippen LogP contribution in [0.3, 0.4) is 0 Å². The molecule has 0 radical (unpaired) electrons. The normalized spacial score (nSPS) is 13.1. The molecule has 1 atom stereocenters. The van der Waals surface area contributed by atoms with E-state index in [2.05, 4.69) is 28.2 Å². The largest absolute Gasteiger partial charge is 0.317 e. The van der Waals surface area contributed by atoms with E-state index in [1.54, 1.807) is 11.3 Å².